The number of aryl methyl sites for hydroxylation is 1. The number of hydrogen-bond donors (Lipinski definition) is 1. The molecule has 0 aliphatic heterocycles. The second-order valence-electron chi connectivity index (χ2n) is 5.19. The quantitative estimate of drug-likeness (QED) is 0.719. The molecule has 124 valence electrons. The van der Waals surface area contributed by atoms with Crippen molar-refractivity contribution in [3.8, 4) is 0 Å². The van der Waals surface area contributed by atoms with Gasteiger partial charge in [0.1, 0.15) is 4.88 Å². The fraction of sp³-hybridized carbons (Fsp3) is 0.235. The summed E-state index contributed by atoms with van der Waals surface area (Å²) in [6.45, 7) is 2.83. The van der Waals surface area contributed by atoms with Gasteiger partial charge < -0.3 is 9.30 Å². The van der Waals surface area contributed by atoms with E-state index in [9.17, 15) is 9.59 Å². The van der Waals surface area contributed by atoms with E-state index >= 15 is 0 Å². The van der Waals surface area contributed by atoms with Gasteiger partial charge in [0.15, 0.2) is 0 Å². The first-order chi connectivity index (χ1) is 11.6. The van der Waals surface area contributed by atoms with E-state index in [1.54, 1.807) is 12.1 Å². The van der Waals surface area contributed by atoms with Crippen molar-refractivity contribution in [3.05, 3.63) is 46.2 Å². The van der Waals surface area contributed by atoms with Crippen LogP contribution in [0.3, 0.4) is 0 Å². The Kier molecular flexibility index (Phi) is 4.61. The molecule has 24 heavy (non-hydrogen) atoms. The molecule has 0 saturated carbocycles. The Hall–Kier alpha value is -2.67. The summed E-state index contributed by atoms with van der Waals surface area (Å²) < 4.78 is 6.65. The summed E-state index contributed by atoms with van der Waals surface area (Å²) >= 11 is 1.10. The number of benzene rings is 1. The number of methoxy groups -OCH3 is 1. The van der Waals surface area contributed by atoms with Gasteiger partial charge in [-0.2, -0.15) is 0 Å². The van der Waals surface area contributed by atoms with Crippen molar-refractivity contribution < 1.29 is 14.3 Å². The number of nitrogens with zero attached hydrogens (tertiary/aromatic N) is 2. The summed E-state index contributed by atoms with van der Waals surface area (Å²) in [4.78, 5) is 29.3. The number of amides is 1. The fourth-order valence-electron chi connectivity index (χ4n) is 2.45. The van der Waals surface area contributed by atoms with Crippen LogP contribution in [0, 0.1) is 0 Å². The monoisotopic (exact) mass is 343 g/mol. The van der Waals surface area contributed by atoms with E-state index in [1.807, 2.05) is 28.8 Å². The van der Waals surface area contributed by atoms with Crippen LogP contribution in [0.5, 0.6) is 0 Å². The summed E-state index contributed by atoms with van der Waals surface area (Å²) in [6, 6.07) is 11.0. The Morgan fingerprint density at radius 3 is 2.71 bits per heavy atom. The van der Waals surface area contributed by atoms with Crippen LogP contribution in [0.15, 0.2) is 36.4 Å². The molecule has 0 aliphatic carbocycles. The topological polar surface area (TPSA) is 73.2 Å². The summed E-state index contributed by atoms with van der Waals surface area (Å²) in [6.07, 6.45) is 0.925. The number of anilines is 1. The number of rotatable bonds is 5. The average Bonchev–Trinajstić information content (AvgIpc) is 3.20. The number of thiophene rings is 1. The normalized spacial score (nSPS) is 10.8. The third kappa shape index (κ3) is 3.03. The van der Waals surface area contributed by atoms with Gasteiger partial charge in [-0.05, 0) is 30.7 Å². The third-order valence-corrected chi connectivity index (χ3v) is 4.61. The first kappa shape index (κ1) is 16.2. The standard InChI is InChI=1S/C17H17N3O3S/c1-3-10-20-12-7-5-4-6-11(12)18-17(20)19-15(21)13-8-9-14(24-13)16(22)23-2/h4-9H,3,10H2,1-2H3,(H,18,19,21). The Labute approximate surface area is 143 Å². The van der Waals surface area contributed by atoms with Gasteiger partial charge in [0.05, 0.1) is 23.0 Å². The van der Waals surface area contributed by atoms with Crippen molar-refractivity contribution in [2.75, 3.05) is 12.4 Å². The SMILES string of the molecule is CCCn1c(NC(=O)c2ccc(C(=O)OC)s2)nc2ccccc21. The van der Waals surface area contributed by atoms with Gasteiger partial charge in [0.2, 0.25) is 5.95 Å². The number of carbonyl (C=O) groups excluding carboxylic acids is 2. The number of aromatic nitrogens is 2. The zero-order chi connectivity index (χ0) is 17.1. The minimum Gasteiger partial charge on any atom is -0.465 e. The van der Waals surface area contributed by atoms with Crippen LogP contribution in [-0.4, -0.2) is 28.5 Å². The van der Waals surface area contributed by atoms with Gasteiger partial charge in [-0.1, -0.05) is 19.1 Å². The van der Waals surface area contributed by atoms with E-state index in [0.717, 1.165) is 35.3 Å². The summed E-state index contributed by atoms with van der Waals surface area (Å²) in [7, 11) is 1.31. The highest BCUT2D eigenvalue weighted by Crippen LogP contribution is 2.22. The molecular weight excluding hydrogens is 326 g/mol. The van der Waals surface area contributed by atoms with E-state index in [0.29, 0.717) is 15.7 Å². The van der Waals surface area contributed by atoms with Gasteiger partial charge in [-0.3, -0.25) is 10.1 Å². The van der Waals surface area contributed by atoms with E-state index in [4.69, 9.17) is 0 Å². The van der Waals surface area contributed by atoms with Crippen molar-refractivity contribution >= 4 is 40.2 Å². The minimum atomic E-state index is -0.447. The summed E-state index contributed by atoms with van der Waals surface area (Å²) in [5.41, 5.74) is 1.82. The molecule has 0 fully saturated rings. The van der Waals surface area contributed by atoms with Crippen molar-refractivity contribution in [2.24, 2.45) is 0 Å². The molecule has 1 aromatic carbocycles. The Morgan fingerprint density at radius 1 is 1.21 bits per heavy atom. The zero-order valence-electron chi connectivity index (χ0n) is 13.4. The van der Waals surface area contributed by atoms with Crippen molar-refractivity contribution in [3.63, 3.8) is 0 Å². The van der Waals surface area contributed by atoms with Gasteiger partial charge in [0, 0.05) is 6.54 Å². The van der Waals surface area contributed by atoms with Gasteiger partial charge in [-0.15, -0.1) is 11.3 Å². The largest absolute Gasteiger partial charge is 0.465 e. The molecule has 3 aromatic rings. The highest BCUT2D eigenvalue weighted by atomic mass is 32.1. The smallest absolute Gasteiger partial charge is 0.348 e. The van der Waals surface area contributed by atoms with Gasteiger partial charge in [-0.25, -0.2) is 9.78 Å². The maximum Gasteiger partial charge on any atom is 0.348 e. The first-order valence-corrected chi connectivity index (χ1v) is 8.40. The van der Waals surface area contributed by atoms with Crippen LogP contribution >= 0.6 is 11.3 Å². The van der Waals surface area contributed by atoms with Crippen molar-refractivity contribution in [1.82, 2.24) is 9.55 Å². The fourth-order valence-corrected chi connectivity index (χ4v) is 3.27. The minimum absolute atomic E-state index is 0.289. The van der Waals surface area contributed by atoms with Crippen LogP contribution in [-0.2, 0) is 11.3 Å². The van der Waals surface area contributed by atoms with Crippen LogP contribution in [0.1, 0.15) is 32.7 Å². The molecule has 0 aliphatic rings. The highest BCUT2D eigenvalue weighted by molar-refractivity contribution is 7.16. The number of carbonyl (C=O) groups is 2. The number of hydrogen-bond acceptors (Lipinski definition) is 5. The maximum absolute atomic E-state index is 12.5. The number of imidazole rings is 1. The zero-order valence-corrected chi connectivity index (χ0v) is 14.2. The Balaban J connectivity index is 1.88. The summed E-state index contributed by atoms with van der Waals surface area (Å²) in [5, 5.41) is 2.84. The second-order valence-corrected chi connectivity index (χ2v) is 6.27. The van der Waals surface area contributed by atoms with Gasteiger partial charge >= 0.3 is 5.97 Å². The lowest BCUT2D eigenvalue weighted by Gasteiger charge is -2.08. The number of esters is 1. The Morgan fingerprint density at radius 2 is 1.96 bits per heavy atom. The lowest BCUT2D eigenvalue weighted by Crippen LogP contribution is -2.15. The number of fused-ring (bicyclic) bond motifs is 1. The molecule has 0 atom stereocenters. The molecule has 0 saturated heterocycles. The lowest BCUT2D eigenvalue weighted by molar-refractivity contribution is 0.0606. The highest BCUT2D eigenvalue weighted by Gasteiger charge is 2.17. The Bertz CT molecular complexity index is 898. The molecule has 6 nitrogen and oxygen atoms in total. The molecule has 0 radical (unpaired) electrons. The van der Waals surface area contributed by atoms with Crippen LogP contribution in [0.4, 0.5) is 5.95 Å². The molecule has 1 amide bonds. The molecule has 7 heteroatoms. The molecule has 0 bridgehead atoms. The first-order valence-electron chi connectivity index (χ1n) is 7.58. The van der Waals surface area contributed by atoms with E-state index in [1.165, 1.54) is 7.11 Å². The number of ether oxygens (including phenoxy) is 1. The summed E-state index contributed by atoms with van der Waals surface area (Å²) in [5.74, 6) is -0.226. The van der Waals surface area contributed by atoms with Crippen molar-refractivity contribution in [1.29, 1.82) is 0 Å². The number of nitrogens with one attached hydrogen (secondary N) is 1. The molecule has 0 spiro atoms. The third-order valence-electron chi connectivity index (χ3n) is 3.54. The molecule has 2 aromatic heterocycles. The maximum atomic E-state index is 12.5. The molecule has 3 rings (SSSR count). The van der Waals surface area contributed by atoms with Crippen LogP contribution < -0.4 is 5.32 Å². The molecular formula is C17H17N3O3S. The van der Waals surface area contributed by atoms with Crippen molar-refractivity contribution in [2.45, 2.75) is 19.9 Å². The average molecular weight is 343 g/mol. The molecule has 1 N–H and O–H groups in total. The van der Waals surface area contributed by atoms with Gasteiger partial charge in [0.25, 0.3) is 5.91 Å². The number of para-hydroxylation sites is 2. The lowest BCUT2D eigenvalue weighted by atomic mass is 10.3. The molecule has 2 heterocycles. The van der Waals surface area contributed by atoms with Crippen LogP contribution in [0.25, 0.3) is 11.0 Å². The van der Waals surface area contributed by atoms with E-state index in [-0.39, 0.29) is 5.91 Å². The van der Waals surface area contributed by atoms with E-state index in [2.05, 4.69) is 22.0 Å². The van der Waals surface area contributed by atoms with E-state index < -0.39 is 5.97 Å². The predicted molar refractivity (Wildman–Crippen MR) is 93.6 cm³/mol. The predicted octanol–water partition coefficient (Wildman–Crippen LogP) is 3.55. The van der Waals surface area contributed by atoms with Crippen LogP contribution in [0.2, 0.25) is 0 Å². The molecule has 0 unspecified atom stereocenters. The second kappa shape index (κ2) is 6.84.